The molecule has 0 aliphatic rings. The molecule has 0 atom stereocenters. The maximum atomic E-state index is 13.2. The van der Waals surface area contributed by atoms with E-state index in [1.54, 1.807) is 0 Å². The lowest BCUT2D eigenvalue weighted by Gasteiger charge is -2.09. The summed E-state index contributed by atoms with van der Waals surface area (Å²) in [4.78, 5) is 35.9. The first-order chi connectivity index (χ1) is 11.3. The molecule has 9 heteroatoms. The van der Waals surface area contributed by atoms with Gasteiger partial charge in [0.1, 0.15) is 5.82 Å². The summed E-state index contributed by atoms with van der Waals surface area (Å²) in [5.74, 6) is -0.440. The van der Waals surface area contributed by atoms with Crippen LogP contribution >= 0.6 is 0 Å². The highest BCUT2D eigenvalue weighted by Gasteiger charge is 2.20. The van der Waals surface area contributed by atoms with Crippen LogP contribution in [0.4, 0.5) is 9.18 Å². The van der Waals surface area contributed by atoms with Gasteiger partial charge in [-0.05, 0) is 24.3 Å². The molecular weight excluding hydrogens is 317 g/mol. The van der Waals surface area contributed by atoms with Crippen LogP contribution in [0.25, 0.3) is 22.2 Å². The summed E-state index contributed by atoms with van der Waals surface area (Å²) >= 11 is 0. The van der Waals surface area contributed by atoms with Gasteiger partial charge in [-0.1, -0.05) is 0 Å². The Kier molecular flexibility index (Phi) is 3.48. The summed E-state index contributed by atoms with van der Waals surface area (Å²) in [7, 11) is 2.87. The quantitative estimate of drug-likeness (QED) is 0.713. The van der Waals surface area contributed by atoms with E-state index < -0.39 is 23.1 Å². The minimum absolute atomic E-state index is 0.208. The van der Waals surface area contributed by atoms with Gasteiger partial charge in [0, 0.05) is 19.7 Å². The number of nitrogens with zero attached hydrogens (tertiary/aromatic N) is 3. The van der Waals surface area contributed by atoms with Crippen molar-refractivity contribution in [2.24, 2.45) is 19.8 Å². The highest BCUT2D eigenvalue weighted by molar-refractivity contribution is 5.95. The monoisotopic (exact) mass is 331 g/mol. The van der Waals surface area contributed by atoms with E-state index >= 15 is 0 Å². The Morgan fingerprint density at radius 3 is 2.33 bits per heavy atom. The summed E-state index contributed by atoms with van der Waals surface area (Å²) in [5, 5.41) is 0.208. The zero-order chi connectivity index (χ0) is 17.6. The third kappa shape index (κ3) is 2.26. The molecule has 0 aliphatic carbocycles. The summed E-state index contributed by atoms with van der Waals surface area (Å²) in [6.07, 6.45) is 1.42. The van der Waals surface area contributed by atoms with Gasteiger partial charge in [-0.15, -0.1) is 0 Å². The van der Waals surface area contributed by atoms with Gasteiger partial charge in [-0.2, -0.15) is 0 Å². The first-order valence-electron chi connectivity index (χ1n) is 6.94. The predicted molar refractivity (Wildman–Crippen MR) is 86.8 cm³/mol. The molecule has 8 nitrogen and oxygen atoms in total. The number of urea groups is 1. The smallest absolute Gasteiger partial charge is 0.331 e. The Balaban J connectivity index is 2.48. The minimum Gasteiger partial charge on any atom is -0.350 e. The molecule has 2 amide bonds. The van der Waals surface area contributed by atoms with Crippen molar-refractivity contribution in [1.82, 2.24) is 13.8 Å². The summed E-state index contributed by atoms with van der Waals surface area (Å²) in [5.41, 5.74) is 7.61. The number of hydrogen-bond donors (Lipinski definition) is 2. The van der Waals surface area contributed by atoms with E-state index in [1.165, 1.54) is 53.8 Å². The zero-order valence-corrected chi connectivity index (χ0v) is 12.9. The van der Waals surface area contributed by atoms with Crippen LogP contribution in [0, 0.1) is 5.82 Å². The maximum absolute atomic E-state index is 13.2. The van der Waals surface area contributed by atoms with Crippen LogP contribution in [0.2, 0.25) is 0 Å². The van der Waals surface area contributed by atoms with Crippen molar-refractivity contribution >= 4 is 16.9 Å². The van der Waals surface area contributed by atoms with Crippen molar-refractivity contribution in [3.63, 3.8) is 0 Å². The molecular formula is C15H14FN5O3. The molecule has 2 aromatic heterocycles. The number of aryl methyl sites for hydroxylation is 1. The Labute approximate surface area is 134 Å². The molecule has 0 saturated carbocycles. The second-order valence-electron chi connectivity index (χ2n) is 5.30. The van der Waals surface area contributed by atoms with Crippen molar-refractivity contribution in [2.75, 3.05) is 5.43 Å². The van der Waals surface area contributed by atoms with Crippen molar-refractivity contribution in [3.05, 3.63) is 57.1 Å². The van der Waals surface area contributed by atoms with E-state index in [4.69, 9.17) is 5.73 Å². The molecule has 3 rings (SSSR count). The molecule has 124 valence electrons. The number of rotatable bonds is 2. The molecule has 0 spiro atoms. The fraction of sp³-hybridized carbons (Fsp3) is 0.133. The predicted octanol–water partition coefficient (Wildman–Crippen LogP) is 0.467. The van der Waals surface area contributed by atoms with Crippen LogP contribution in [0.1, 0.15) is 0 Å². The fourth-order valence-electron chi connectivity index (χ4n) is 2.64. The molecule has 0 bridgehead atoms. The topological polar surface area (TPSA) is 104 Å². The van der Waals surface area contributed by atoms with Crippen molar-refractivity contribution in [1.29, 1.82) is 0 Å². The summed E-state index contributed by atoms with van der Waals surface area (Å²) in [6.45, 7) is 0. The first kappa shape index (κ1) is 15.5. The van der Waals surface area contributed by atoms with Gasteiger partial charge in [0.05, 0.1) is 22.8 Å². The van der Waals surface area contributed by atoms with Gasteiger partial charge in [0.25, 0.3) is 5.56 Å². The maximum Gasteiger partial charge on any atom is 0.331 e. The Hall–Kier alpha value is -3.36. The van der Waals surface area contributed by atoms with Crippen molar-refractivity contribution in [2.45, 2.75) is 0 Å². The third-order valence-electron chi connectivity index (χ3n) is 3.79. The normalized spacial score (nSPS) is 11.0. The van der Waals surface area contributed by atoms with Crippen LogP contribution in [0.3, 0.4) is 0 Å². The highest BCUT2D eigenvalue weighted by atomic mass is 19.1. The van der Waals surface area contributed by atoms with Crippen LogP contribution in [-0.4, -0.2) is 19.8 Å². The Morgan fingerprint density at radius 2 is 1.75 bits per heavy atom. The van der Waals surface area contributed by atoms with E-state index in [2.05, 4.69) is 5.43 Å². The number of aromatic nitrogens is 3. The molecule has 0 aliphatic heterocycles. The number of fused-ring (bicyclic) bond motifs is 1. The lowest BCUT2D eigenvalue weighted by Crippen LogP contribution is -2.36. The molecule has 3 N–H and O–H groups in total. The van der Waals surface area contributed by atoms with Crippen molar-refractivity contribution in [3.8, 4) is 11.3 Å². The fourth-order valence-corrected chi connectivity index (χ4v) is 2.64. The van der Waals surface area contributed by atoms with Gasteiger partial charge >= 0.3 is 11.7 Å². The minimum atomic E-state index is -0.847. The second-order valence-corrected chi connectivity index (χ2v) is 5.30. The first-order valence-corrected chi connectivity index (χ1v) is 6.94. The van der Waals surface area contributed by atoms with E-state index in [9.17, 15) is 18.8 Å². The van der Waals surface area contributed by atoms with Crippen molar-refractivity contribution < 1.29 is 9.18 Å². The number of amides is 2. The van der Waals surface area contributed by atoms with Crippen LogP contribution in [-0.2, 0) is 14.1 Å². The number of halogens is 1. The number of nitrogens with two attached hydrogens (primary N) is 1. The third-order valence-corrected chi connectivity index (χ3v) is 3.79. The van der Waals surface area contributed by atoms with Crippen LogP contribution in [0.15, 0.2) is 40.1 Å². The molecule has 0 unspecified atom stereocenters. The summed E-state index contributed by atoms with van der Waals surface area (Å²) in [6, 6.07) is 4.55. The lowest BCUT2D eigenvalue weighted by atomic mass is 10.1. The molecule has 3 aromatic rings. The SMILES string of the molecule is Cn1c(=O)c2c(-c3ccc(F)cc3)n(NC(N)=O)cc2n(C)c1=O. The highest BCUT2D eigenvalue weighted by Crippen LogP contribution is 2.27. The summed E-state index contributed by atoms with van der Waals surface area (Å²) < 4.78 is 16.7. The van der Waals surface area contributed by atoms with E-state index in [1.807, 2.05) is 0 Å². The molecule has 24 heavy (non-hydrogen) atoms. The van der Waals surface area contributed by atoms with E-state index in [-0.39, 0.29) is 5.39 Å². The van der Waals surface area contributed by atoms with Gasteiger partial charge in [-0.3, -0.25) is 18.6 Å². The Bertz CT molecular complexity index is 1080. The zero-order valence-electron chi connectivity index (χ0n) is 12.9. The number of nitrogens with one attached hydrogen (secondary N) is 1. The Morgan fingerprint density at radius 1 is 1.12 bits per heavy atom. The number of primary amides is 1. The molecule has 0 radical (unpaired) electrons. The number of benzene rings is 1. The average molecular weight is 331 g/mol. The standard InChI is InChI=1S/C15H14FN5O3/c1-19-10-7-21(18-14(17)23)12(8-3-5-9(16)6-4-8)11(10)13(22)20(2)15(19)24/h3-7H,1-2H3,(H3,17,18,23). The van der Waals surface area contributed by atoms with Crippen LogP contribution in [0.5, 0.6) is 0 Å². The number of hydrogen-bond acceptors (Lipinski definition) is 3. The average Bonchev–Trinajstić information content (AvgIpc) is 2.90. The van der Waals surface area contributed by atoms with Crippen LogP contribution < -0.4 is 22.4 Å². The second kappa shape index (κ2) is 5.37. The largest absolute Gasteiger partial charge is 0.350 e. The van der Waals surface area contributed by atoms with Gasteiger partial charge < -0.3 is 5.73 Å². The molecule has 0 fully saturated rings. The molecule has 0 saturated heterocycles. The van der Waals surface area contributed by atoms with E-state index in [0.717, 1.165) is 4.57 Å². The van der Waals surface area contributed by atoms with Gasteiger partial charge in [0.2, 0.25) is 0 Å². The van der Waals surface area contributed by atoms with E-state index in [0.29, 0.717) is 16.8 Å². The number of carbonyl (C=O) groups excluding carboxylic acids is 1. The van der Waals surface area contributed by atoms with Gasteiger partial charge in [-0.25, -0.2) is 19.4 Å². The molecule has 2 heterocycles. The van der Waals surface area contributed by atoms with Gasteiger partial charge in [0.15, 0.2) is 0 Å². The lowest BCUT2D eigenvalue weighted by molar-refractivity contribution is 0.257. The number of carbonyl (C=O) groups is 1. The molecule has 1 aromatic carbocycles.